The second-order valence-electron chi connectivity index (χ2n) is 6.74. The second kappa shape index (κ2) is 8.51. The Morgan fingerprint density at radius 3 is 2.39 bits per heavy atom. The molecule has 1 aliphatic rings. The molecule has 150 valence electrons. The summed E-state index contributed by atoms with van der Waals surface area (Å²) in [6, 6.07) is 13.9. The van der Waals surface area contributed by atoms with Crippen molar-refractivity contribution >= 4 is 27.5 Å². The Morgan fingerprint density at radius 2 is 1.75 bits per heavy atom. The van der Waals surface area contributed by atoms with Gasteiger partial charge in [-0.3, -0.25) is 4.79 Å². The fraction of sp³-hybridized carbons (Fsp3) is 0.350. The number of carbonyl (C=O) groups is 1. The quantitative estimate of drug-likeness (QED) is 0.743. The van der Waals surface area contributed by atoms with Crippen LogP contribution in [0.4, 0.5) is 0 Å². The van der Waals surface area contributed by atoms with Crippen LogP contribution in [-0.4, -0.2) is 55.8 Å². The Hall–Kier alpha value is -2.09. The van der Waals surface area contributed by atoms with Crippen molar-refractivity contribution in [3.8, 4) is 5.75 Å². The number of halogens is 1. The van der Waals surface area contributed by atoms with Crippen molar-refractivity contribution in [3.05, 3.63) is 59.1 Å². The van der Waals surface area contributed by atoms with Crippen LogP contribution in [-0.2, 0) is 14.8 Å². The number of aryl methyl sites for hydroxylation is 1. The van der Waals surface area contributed by atoms with Gasteiger partial charge in [-0.05, 0) is 43.7 Å². The first-order valence-corrected chi connectivity index (χ1v) is 10.9. The van der Waals surface area contributed by atoms with Gasteiger partial charge in [-0.1, -0.05) is 35.9 Å². The lowest BCUT2D eigenvalue weighted by Gasteiger charge is -2.35. The molecule has 0 bridgehead atoms. The SMILES string of the molecule is Cc1cccc(OC(C)C(=O)N2CCN(S(=O)(=O)c3ccccc3Cl)CC2)c1. The smallest absolute Gasteiger partial charge is 0.263 e. The van der Waals surface area contributed by atoms with Crippen LogP contribution < -0.4 is 4.74 Å². The Balaban J connectivity index is 1.61. The van der Waals surface area contributed by atoms with Gasteiger partial charge < -0.3 is 9.64 Å². The van der Waals surface area contributed by atoms with Gasteiger partial charge >= 0.3 is 0 Å². The molecule has 1 saturated heterocycles. The molecular weight excluding hydrogens is 400 g/mol. The molecule has 1 amide bonds. The first kappa shape index (κ1) is 20.6. The van der Waals surface area contributed by atoms with E-state index in [-0.39, 0.29) is 28.9 Å². The van der Waals surface area contributed by atoms with E-state index in [0.717, 1.165) is 5.56 Å². The van der Waals surface area contributed by atoms with Crippen LogP contribution in [0.5, 0.6) is 5.75 Å². The molecule has 0 radical (unpaired) electrons. The van der Waals surface area contributed by atoms with E-state index in [2.05, 4.69) is 0 Å². The molecule has 2 aromatic carbocycles. The molecule has 0 saturated carbocycles. The van der Waals surface area contributed by atoms with Crippen LogP contribution in [0.2, 0.25) is 5.02 Å². The molecule has 0 N–H and O–H groups in total. The highest BCUT2D eigenvalue weighted by molar-refractivity contribution is 7.89. The van der Waals surface area contributed by atoms with Crippen LogP contribution in [0.25, 0.3) is 0 Å². The number of ether oxygens (including phenoxy) is 1. The van der Waals surface area contributed by atoms with Gasteiger partial charge in [-0.2, -0.15) is 4.31 Å². The molecule has 28 heavy (non-hydrogen) atoms. The molecular formula is C20H23ClN2O4S. The summed E-state index contributed by atoms with van der Waals surface area (Å²) >= 11 is 6.05. The maximum Gasteiger partial charge on any atom is 0.263 e. The van der Waals surface area contributed by atoms with Gasteiger partial charge in [0.15, 0.2) is 6.10 Å². The van der Waals surface area contributed by atoms with Gasteiger partial charge in [0.2, 0.25) is 10.0 Å². The van der Waals surface area contributed by atoms with Crippen LogP contribution in [0.3, 0.4) is 0 Å². The number of hydrogen-bond acceptors (Lipinski definition) is 4. The van der Waals surface area contributed by atoms with E-state index in [1.807, 2.05) is 31.2 Å². The van der Waals surface area contributed by atoms with Gasteiger partial charge in [-0.25, -0.2) is 8.42 Å². The number of nitrogens with zero attached hydrogens (tertiary/aromatic N) is 2. The highest BCUT2D eigenvalue weighted by Gasteiger charge is 2.32. The van der Waals surface area contributed by atoms with Crippen molar-refractivity contribution in [3.63, 3.8) is 0 Å². The average molecular weight is 423 g/mol. The summed E-state index contributed by atoms with van der Waals surface area (Å²) in [4.78, 5) is 14.4. The summed E-state index contributed by atoms with van der Waals surface area (Å²) in [6.07, 6.45) is -0.645. The highest BCUT2D eigenvalue weighted by atomic mass is 35.5. The Bertz CT molecular complexity index is 956. The summed E-state index contributed by atoms with van der Waals surface area (Å²) in [7, 11) is -3.68. The van der Waals surface area contributed by atoms with Crippen LogP contribution in [0.1, 0.15) is 12.5 Å². The van der Waals surface area contributed by atoms with Gasteiger partial charge in [-0.15, -0.1) is 0 Å². The van der Waals surface area contributed by atoms with E-state index >= 15 is 0 Å². The topological polar surface area (TPSA) is 66.9 Å². The number of benzene rings is 2. The molecule has 1 atom stereocenters. The zero-order valence-electron chi connectivity index (χ0n) is 15.8. The van der Waals surface area contributed by atoms with E-state index in [4.69, 9.17) is 16.3 Å². The lowest BCUT2D eigenvalue weighted by atomic mass is 10.2. The van der Waals surface area contributed by atoms with Crippen LogP contribution in [0, 0.1) is 6.92 Å². The molecule has 1 aliphatic heterocycles. The number of carbonyl (C=O) groups excluding carboxylic acids is 1. The Labute approximate surface area is 170 Å². The molecule has 8 heteroatoms. The maximum absolute atomic E-state index is 12.8. The molecule has 1 unspecified atom stereocenters. The predicted molar refractivity (Wildman–Crippen MR) is 108 cm³/mol. The fourth-order valence-corrected chi connectivity index (χ4v) is 5.06. The second-order valence-corrected chi connectivity index (χ2v) is 9.05. The number of piperazine rings is 1. The van der Waals surface area contributed by atoms with Crippen LogP contribution >= 0.6 is 11.6 Å². The third kappa shape index (κ3) is 4.48. The Morgan fingerprint density at radius 1 is 1.07 bits per heavy atom. The number of amides is 1. The average Bonchev–Trinajstić information content (AvgIpc) is 2.67. The van der Waals surface area contributed by atoms with E-state index in [1.165, 1.54) is 10.4 Å². The first-order chi connectivity index (χ1) is 13.3. The minimum atomic E-state index is -3.68. The van der Waals surface area contributed by atoms with E-state index < -0.39 is 16.1 Å². The number of sulfonamides is 1. The van der Waals surface area contributed by atoms with Gasteiger partial charge in [0.1, 0.15) is 10.6 Å². The molecule has 3 rings (SSSR count). The van der Waals surface area contributed by atoms with E-state index in [0.29, 0.717) is 18.8 Å². The molecule has 0 aromatic heterocycles. The van der Waals surface area contributed by atoms with Crippen LogP contribution in [0.15, 0.2) is 53.4 Å². The van der Waals surface area contributed by atoms with Gasteiger partial charge in [0.05, 0.1) is 5.02 Å². The largest absolute Gasteiger partial charge is 0.481 e. The third-order valence-corrected chi connectivity index (χ3v) is 7.05. The molecule has 1 fully saturated rings. The van der Waals surface area contributed by atoms with E-state index in [9.17, 15) is 13.2 Å². The molecule has 1 heterocycles. The zero-order chi connectivity index (χ0) is 20.3. The third-order valence-electron chi connectivity index (χ3n) is 4.65. The van der Waals surface area contributed by atoms with Crippen molar-refractivity contribution in [2.24, 2.45) is 0 Å². The lowest BCUT2D eigenvalue weighted by Crippen LogP contribution is -2.53. The normalized spacial score (nSPS) is 16.6. The monoisotopic (exact) mass is 422 g/mol. The summed E-state index contributed by atoms with van der Waals surface area (Å²) in [6.45, 7) is 4.72. The minimum absolute atomic E-state index is 0.0904. The highest BCUT2D eigenvalue weighted by Crippen LogP contribution is 2.25. The zero-order valence-corrected chi connectivity index (χ0v) is 17.4. The summed E-state index contributed by atoms with van der Waals surface area (Å²) < 4.78 is 32.7. The van der Waals surface area contributed by atoms with E-state index in [1.54, 1.807) is 30.0 Å². The van der Waals surface area contributed by atoms with Gasteiger partial charge in [0.25, 0.3) is 5.91 Å². The number of hydrogen-bond donors (Lipinski definition) is 0. The van der Waals surface area contributed by atoms with Crippen molar-refractivity contribution in [2.75, 3.05) is 26.2 Å². The molecule has 0 spiro atoms. The molecule has 6 nitrogen and oxygen atoms in total. The molecule has 0 aliphatic carbocycles. The number of rotatable bonds is 5. The fourth-order valence-electron chi connectivity index (χ4n) is 3.14. The Kier molecular flexibility index (Phi) is 6.27. The van der Waals surface area contributed by atoms with Gasteiger partial charge in [0, 0.05) is 26.2 Å². The first-order valence-electron chi connectivity index (χ1n) is 9.06. The maximum atomic E-state index is 12.8. The predicted octanol–water partition coefficient (Wildman–Crippen LogP) is 2.95. The molecule has 2 aromatic rings. The lowest BCUT2D eigenvalue weighted by molar-refractivity contribution is -0.139. The van der Waals surface area contributed by atoms with Crippen molar-refractivity contribution in [2.45, 2.75) is 24.8 Å². The summed E-state index contributed by atoms with van der Waals surface area (Å²) in [5.41, 5.74) is 1.05. The van der Waals surface area contributed by atoms with Crippen molar-refractivity contribution in [1.29, 1.82) is 0 Å². The van der Waals surface area contributed by atoms with Crippen molar-refractivity contribution in [1.82, 2.24) is 9.21 Å². The summed E-state index contributed by atoms with van der Waals surface area (Å²) in [5.74, 6) is 0.483. The minimum Gasteiger partial charge on any atom is -0.481 e. The van der Waals surface area contributed by atoms with Crippen molar-refractivity contribution < 1.29 is 17.9 Å². The standard InChI is InChI=1S/C20H23ClN2O4S/c1-15-6-5-7-17(14-15)27-16(2)20(24)22-10-12-23(13-11-22)28(25,26)19-9-4-3-8-18(19)21/h3-9,14,16H,10-13H2,1-2H3. The summed E-state index contributed by atoms with van der Waals surface area (Å²) in [5, 5.41) is 0.196.